The van der Waals surface area contributed by atoms with E-state index in [4.69, 9.17) is 11.2 Å². The first kappa shape index (κ1) is 8.72. The van der Waals surface area contributed by atoms with E-state index in [9.17, 15) is 0 Å². The van der Waals surface area contributed by atoms with E-state index in [0.717, 1.165) is 12.0 Å². The molecule has 0 spiro atoms. The van der Waals surface area contributed by atoms with E-state index in [2.05, 4.69) is 10.9 Å². The summed E-state index contributed by atoms with van der Waals surface area (Å²) in [5.74, 6) is 4.88. The zero-order chi connectivity index (χ0) is 8.81. The van der Waals surface area contributed by atoms with Crippen molar-refractivity contribution in [1.82, 2.24) is 0 Å². The van der Waals surface area contributed by atoms with Crippen molar-refractivity contribution in [1.29, 1.82) is 5.26 Å². The van der Waals surface area contributed by atoms with Crippen LogP contribution in [0.5, 0.6) is 0 Å². The fourth-order valence-electron chi connectivity index (χ4n) is 0.973. The zero-order valence-corrected chi connectivity index (χ0v) is 6.66. The molecule has 0 aliphatic carbocycles. The average Bonchev–Trinajstić information content (AvgIpc) is 2.15. The predicted molar refractivity (Wildman–Crippen MR) is 45.0 cm³/mol. The molecule has 0 unspecified atom stereocenters. The van der Waals surface area contributed by atoms with Crippen molar-refractivity contribution in [2.24, 2.45) is 5.90 Å². The van der Waals surface area contributed by atoms with Crippen LogP contribution in [-0.2, 0) is 11.3 Å². The first-order chi connectivity index (χ1) is 5.86. The number of rotatable bonds is 3. The maximum atomic E-state index is 8.58. The van der Waals surface area contributed by atoms with Crippen molar-refractivity contribution >= 4 is 0 Å². The van der Waals surface area contributed by atoms with Crippen LogP contribution in [0.2, 0.25) is 0 Å². The van der Waals surface area contributed by atoms with Crippen molar-refractivity contribution in [3.63, 3.8) is 0 Å². The van der Waals surface area contributed by atoms with Crippen LogP contribution in [0.1, 0.15) is 11.1 Å². The summed E-state index contributed by atoms with van der Waals surface area (Å²) in [7, 11) is 0. The molecule has 0 heterocycles. The van der Waals surface area contributed by atoms with Gasteiger partial charge in [0.05, 0.1) is 18.2 Å². The minimum Gasteiger partial charge on any atom is -0.304 e. The van der Waals surface area contributed by atoms with Crippen LogP contribution in [0.4, 0.5) is 0 Å². The minimum absolute atomic E-state index is 0.481. The highest BCUT2D eigenvalue weighted by Gasteiger charge is 1.94. The third-order valence-electron chi connectivity index (χ3n) is 1.56. The van der Waals surface area contributed by atoms with Crippen molar-refractivity contribution in [3.8, 4) is 6.07 Å². The van der Waals surface area contributed by atoms with Crippen LogP contribution in [0.25, 0.3) is 0 Å². The van der Waals surface area contributed by atoms with E-state index in [-0.39, 0.29) is 0 Å². The van der Waals surface area contributed by atoms with Gasteiger partial charge in [0, 0.05) is 0 Å². The lowest BCUT2D eigenvalue weighted by molar-refractivity contribution is 0.141. The van der Waals surface area contributed by atoms with Crippen LogP contribution in [0.15, 0.2) is 24.3 Å². The topological polar surface area (TPSA) is 59.0 Å². The van der Waals surface area contributed by atoms with Crippen LogP contribution in [0, 0.1) is 11.3 Å². The first-order valence-electron chi connectivity index (χ1n) is 3.67. The summed E-state index contributed by atoms with van der Waals surface area (Å²) in [6, 6.07) is 9.47. The molecule has 0 fully saturated rings. The number of nitriles is 1. The van der Waals surface area contributed by atoms with Gasteiger partial charge in [0.25, 0.3) is 0 Å². The molecule has 0 amide bonds. The number of hydrogen-bond acceptors (Lipinski definition) is 3. The zero-order valence-electron chi connectivity index (χ0n) is 6.66. The highest BCUT2D eigenvalue weighted by Crippen LogP contribution is 2.04. The summed E-state index contributed by atoms with van der Waals surface area (Å²) in [6.07, 6.45) is 0.742. The molecule has 0 aliphatic rings. The average molecular weight is 162 g/mol. The monoisotopic (exact) mass is 162 g/mol. The van der Waals surface area contributed by atoms with E-state index in [0.29, 0.717) is 12.2 Å². The van der Waals surface area contributed by atoms with Gasteiger partial charge in [0.2, 0.25) is 0 Å². The maximum absolute atomic E-state index is 8.58. The highest BCUT2D eigenvalue weighted by atomic mass is 16.6. The second-order valence-electron chi connectivity index (χ2n) is 2.43. The van der Waals surface area contributed by atoms with Gasteiger partial charge in [0.15, 0.2) is 0 Å². The first-order valence-corrected chi connectivity index (χ1v) is 3.67. The molecule has 0 aliphatic heterocycles. The number of hydrogen-bond donors (Lipinski definition) is 1. The highest BCUT2D eigenvalue weighted by molar-refractivity contribution is 5.32. The summed E-state index contributed by atoms with van der Waals surface area (Å²) in [4.78, 5) is 4.44. The number of nitrogens with zero attached hydrogens (tertiary/aromatic N) is 1. The Balaban J connectivity index is 2.68. The molecule has 0 aromatic heterocycles. The Bertz CT molecular complexity index is 291. The molecule has 3 nitrogen and oxygen atoms in total. The molecule has 0 saturated carbocycles. The smallest absolute Gasteiger partial charge is 0.0991 e. The molecule has 3 heteroatoms. The molecule has 1 aromatic carbocycles. The van der Waals surface area contributed by atoms with E-state index in [1.54, 1.807) is 6.07 Å². The Morgan fingerprint density at radius 1 is 1.50 bits per heavy atom. The fourth-order valence-corrected chi connectivity index (χ4v) is 0.973. The summed E-state index contributed by atoms with van der Waals surface area (Å²) < 4.78 is 0. The lowest BCUT2D eigenvalue weighted by Gasteiger charge is -1.98. The second-order valence-corrected chi connectivity index (χ2v) is 2.43. The van der Waals surface area contributed by atoms with Crippen molar-refractivity contribution in [3.05, 3.63) is 35.4 Å². The molecule has 0 radical (unpaired) electrons. The van der Waals surface area contributed by atoms with Gasteiger partial charge in [-0.1, -0.05) is 12.1 Å². The van der Waals surface area contributed by atoms with Crippen molar-refractivity contribution < 1.29 is 4.84 Å². The van der Waals surface area contributed by atoms with Crippen LogP contribution >= 0.6 is 0 Å². The van der Waals surface area contributed by atoms with Crippen LogP contribution in [0.3, 0.4) is 0 Å². The normalized spacial score (nSPS) is 9.33. The van der Waals surface area contributed by atoms with Gasteiger partial charge < -0.3 is 4.84 Å². The standard InChI is InChI=1S/C9H10N2O/c10-7-9-3-1-2-8(6-9)4-5-12-11/h1-3,6H,4-5,11H2. The number of benzene rings is 1. The van der Waals surface area contributed by atoms with Gasteiger partial charge in [-0.3, -0.25) is 0 Å². The summed E-state index contributed by atoms with van der Waals surface area (Å²) in [5, 5.41) is 8.58. The molecule has 2 N–H and O–H groups in total. The van der Waals surface area contributed by atoms with Crippen molar-refractivity contribution in [2.75, 3.05) is 6.61 Å². The lowest BCUT2D eigenvalue weighted by atomic mass is 10.1. The van der Waals surface area contributed by atoms with Crippen LogP contribution < -0.4 is 5.90 Å². The summed E-state index contributed by atoms with van der Waals surface area (Å²) in [5.41, 5.74) is 1.74. The van der Waals surface area contributed by atoms with E-state index < -0.39 is 0 Å². The summed E-state index contributed by atoms with van der Waals surface area (Å²) >= 11 is 0. The molecule has 1 rings (SSSR count). The van der Waals surface area contributed by atoms with Gasteiger partial charge in [-0.2, -0.15) is 5.26 Å². The minimum atomic E-state index is 0.481. The summed E-state index contributed by atoms with van der Waals surface area (Å²) in [6.45, 7) is 0.481. The Morgan fingerprint density at radius 2 is 2.33 bits per heavy atom. The van der Waals surface area contributed by atoms with Gasteiger partial charge in [-0.05, 0) is 24.1 Å². The van der Waals surface area contributed by atoms with Gasteiger partial charge in [0.1, 0.15) is 0 Å². The van der Waals surface area contributed by atoms with Crippen molar-refractivity contribution in [2.45, 2.75) is 6.42 Å². The molecule has 0 bridgehead atoms. The van der Waals surface area contributed by atoms with E-state index >= 15 is 0 Å². The Kier molecular flexibility index (Phi) is 3.27. The maximum Gasteiger partial charge on any atom is 0.0991 e. The quantitative estimate of drug-likeness (QED) is 0.674. The Morgan fingerprint density at radius 3 is 3.00 bits per heavy atom. The molecule has 62 valence electrons. The molecule has 1 aromatic rings. The van der Waals surface area contributed by atoms with Gasteiger partial charge in [-0.15, -0.1) is 0 Å². The molecule has 12 heavy (non-hydrogen) atoms. The second kappa shape index (κ2) is 4.50. The third kappa shape index (κ3) is 2.35. The Hall–Kier alpha value is -1.37. The van der Waals surface area contributed by atoms with Gasteiger partial charge in [-0.25, -0.2) is 5.90 Å². The molecule has 0 atom stereocenters. The predicted octanol–water partition coefficient (Wildman–Crippen LogP) is 0.991. The fraction of sp³-hybridized carbons (Fsp3) is 0.222. The van der Waals surface area contributed by atoms with E-state index in [1.165, 1.54) is 0 Å². The molecular formula is C9H10N2O. The largest absolute Gasteiger partial charge is 0.304 e. The molecule has 0 saturated heterocycles. The Labute approximate surface area is 71.3 Å². The lowest BCUT2D eigenvalue weighted by Crippen LogP contribution is -2.03. The van der Waals surface area contributed by atoms with Crippen LogP contribution in [-0.4, -0.2) is 6.61 Å². The molecular weight excluding hydrogens is 152 g/mol. The van der Waals surface area contributed by atoms with E-state index in [1.807, 2.05) is 18.2 Å². The SMILES string of the molecule is N#Cc1cccc(CCON)c1. The third-order valence-corrected chi connectivity index (χ3v) is 1.56. The number of nitrogens with two attached hydrogens (primary N) is 1. The van der Waals surface area contributed by atoms with Gasteiger partial charge >= 0.3 is 0 Å².